The topological polar surface area (TPSA) is 77.7 Å². The first-order valence-electron chi connectivity index (χ1n) is 10.9. The Morgan fingerprint density at radius 3 is 2.42 bits per heavy atom. The summed E-state index contributed by atoms with van der Waals surface area (Å²) in [4.78, 5) is 12.1. The van der Waals surface area contributed by atoms with E-state index in [1.165, 1.54) is 0 Å². The molecule has 0 amide bonds. The first kappa shape index (κ1) is 22.6. The Kier molecular flexibility index (Phi) is 6.82. The van der Waals surface area contributed by atoms with E-state index < -0.39 is 6.10 Å². The summed E-state index contributed by atoms with van der Waals surface area (Å²) < 4.78 is 14.3. The zero-order valence-electron chi connectivity index (χ0n) is 19.1. The van der Waals surface area contributed by atoms with Gasteiger partial charge in [0.1, 0.15) is 24.2 Å². The van der Waals surface area contributed by atoms with Crippen molar-refractivity contribution in [3.05, 3.63) is 93.9 Å². The fraction of sp³-hybridized carbons (Fsp3) is 0.269. The van der Waals surface area contributed by atoms with Crippen molar-refractivity contribution < 1.29 is 14.6 Å². The number of hydrogen-bond acceptors (Lipinski definition) is 5. The molecule has 1 aromatic heterocycles. The van der Waals surface area contributed by atoms with Crippen LogP contribution in [0.1, 0.15) is 22.8 Å². The average Bonchev–Trinajstić information content (AvgIpc) is 3.07. The van der Waals surface area contributed by atoms with Gasteiger partial charge in [-0.1, -0.05) is 36.4 Å². The number of nitrogens with zero attached hydrogens (tertiary/aromatic N) is 2. The summed E-state index contributed by atoms with van der Waals surface area (Å²) in [7, 11) is 5.14. The molecule has 172 valence electrons. The van der Waals surface area contributed by atoms with E-state index in [0.29, 0.717) is 17.9 Å². The molecule has 0 fully saturated rings. The van der Waals surface area contributed by atoms with Crippen LogP contribution in [-0.4, -0.2) is 28.0 Å². The zero-order chi connectivity index (χ0) is 23.4. The van der Waals surface area contributed by atoms with Crippen molar-refractivity contribution in [2.45, 2.75) is 19.2 Å². The number of nitrogens with one attached hydrogen (secondary N) is 1. The molecule has 1 atom stereocenters. The monoisotopic (exact) mass is 447 g/mol. The minimum absolute atomic E-state index is 0.0922. The van der Waals surface area contributed by atoms with E-state index in [4.69, 9.17) is 9.47 Å². The van der Waals surface area contributed by atoms with Crippen LogP contribution in [0, 0.1) is 0 Å². The number of aliphatic hydroxyl groups excluding tert-OH is 1. The van der Waals surface area contributed by atoms with Crippen LogP contribution in [0.15, 0.2) is 71.5 Å². The highest BCUT2D eigenvalue weighted by molar-refractivity contribution is 5.77. The van der Waals surface area contributed by atoms with E-state index in [-0.39, 0.29) is 12.3 Å². The fourth-order valence-electron chi connectivity index (χ4n) is 3.90. The number of rotatable bonds is 9. The minimum Gasteiger partial charge on any atom is -0.496 e. The molecular weight excluding hydrogens is 418 g/mol. The summed E-state index contributed by atoms with van der Waals surface area (Å²) in [6.45, 7) is 1.56. The third-order valence-corrected chi connectivity index (χ3v) is 5.85. The lowest BCUT2D eigenvalue weighted by atomic mass is 10.1. The van der Waals surface area contributed by atoms with Crippen LogP contribution in [0.4, 0.5) is 0 Å². The van der Waals surface area contributed by atoms with Crippen molar-refractivity contribution in [3.8, 4) is 11.5 Å². The molecule has 7 nitrogen and oxygen atoms in total. The molecule has 0 spiro atoms. The Labute approximate surface area is 192 Å². The number of para-hydroxylation sites is 1. The van der Waals surface area contributed by atoms with Crippen LogP contribution in [0.2, 0.25) is 0 Å². The number of fused-ring (bicyclic) bond motifs is 1. The summed E-state index contributed by atoms with van der Waals surface area (Å²) in [5, 5.41) is 14.0. The third kappa shape index (κ3) is 4.94. The molecule has 0 bridgehead atoms. The molecular formula is C26H29N3O4. The van der Waals surface area contributed by atoms with Crippen molar-refractivity contribution >= 4 is 11.0 Å². The molecule has 0 radical (unpaired) electrons. The molecule has 4 rings (SSSR count). The Balaban J connectivity index is 1.31. The third-order valence-electron chi connectivity index (χ3n) is 5.85. The van der Waals surface area contributed by atoms with Gasteiger partial charge in [-0.2, -0.15) is 0 Å². The quantitative estimate of drug-likeness (QED) is 0.412. The van der Waals surface area contributed by atoms with Crippen LogP contribution in [0.5, 0.6) is 11.5 Å². The lowest BCUT2D eigenvalue weighted by molar-refractivity contribution is 0.108. The number of methoxy groups -OCH3 is 1. The van der Waals surface area contributed by atoms with Gasteiger partial charge in [-0.3, -0.25) is 9.13 Å². The van der Waals surface area contributed by atoms with Crippen LogP contribution < -0.4 is 20.5 Å². The first-order valence-corrected chi connectivity index (χ1v) is 10.9. The highest BCUT2D eigenvalue weighted by Crippen LogP contribution is 2.21. The highest BCUT2D eigenvalue weighted by Gasteiger charge is 2.13. The zero-order valence-corrected chi connectivity index (χ0v) is 19.1. The van der Waals surface area contributed by atoms with Gasteiger partial charge in [0.2, 0.25) is 0 Å². The van der Waals surface area contributed by atoms with Crippen molar-refractivity contribution in [1.29, 1.82) is 0 Å². The van der Waals surface area contributed by atoms with Crippen LogP contribution in [-0.2, 0) is 27.2 Å². The Morgan fingerprint density at radius 1 is 0.939 bits per heavy atom. The van der Waals surface area contributed by atoms with Gasteiger partial charge in [0.05, 0.1) is 18.1 Å². The number of imidazole rings is 1. The molecule has 4 aromatic rings. The Morgan fingerprint density at radius 2 is 1.67 bits per heavy atom. The van der Waals surface area contributed by atoms with E-state index in [2.05, 4.69) is 5.32 Å². The molecule has 0 aliphatic carbocycles. The molecule has 7 heteroatoms. The average molecular weight is 448 g/mol. The van der Waals surface area contributed by atoms with E-state index in [9.17, 15) is 9.90 Å². The Hall–Kier alpha value is -3.55. The number of aliphatic hydroxyl groups is 1. The molecule has 2 N–H and O–H groups in total. The van der Waals surface area contributed by atoms with Crippen molar-refractivity contribution in [3.63, 3.8) is 0 Å². The molecule has 1 unspecified atom stereocenters. The Bertz CT molecular complexity index is 1290. The van der Waals surface area contributed by atoms with E-state index in [0.717, 1.165) is 34.5 Å². The van der Waals surface area contributed by atoms with Gasteiger partial charge in [-0.15, -0.1) is 0 Å². The number of aryl methyl sites for hydroxylation is 2. The number of hydrogen-bond donors (Lipinski definition) is 2. The van der Waals surface area contributed by atoms with Gasteiger partial charge in [0, 0.05) is 32.7 Å². The number of benzene rings is 3. The van der Waals surface area contributed by atoms with Gasteiger partial charge < -0.3 is 19.9 Å². The molecule has 1 heterocycles. The highest BCUT2D eigenvalue weighted by atomic mass is 16.5. The van der Waals surface area contributed by atoms with Gasteiger partial charge in [0.25, 0.3) is 0 Å². The lowest BCUT2D eigenvalue weighted by Gasteiger charge is -2.14. The van der Waals surface area contributed by atoms with Gasteiger partial charge in [-0.25, -0.2) is 4.79 Å². The fourth-order valence-corrected chi connectivity index (χ4v) is 3.90. The summed E-state index contributed by atoms with van der Waals surface area (Å²) in [6.07, 6.45) is -0.799. The molecule has 0 saturated carbocycles. The van der Waals surface area contributed by atoms with Crippen LogP contribution in [0.3, 0.4) is 0 Å². The summed E-state index contributed by atoms with van der Waals surface area (Å²) in [5.74, 6) is 1.57. The maximum absolute atomic E-state index is 12.1. The number of aromatic nitrogens is 2. The minimum atomic E-state index is -0.799. The maximum Gasteiger partial charge on any atom is 0.328 e. The summed E-state index contributed by atoms with van der Waals surface area (Å²) in [5.41, 5.74) is 4.47. The second-order valence-corrected chi connectivity index (χ2v) is 8.03. The van der Waals surface area contributed by atoms with Gasteiger partial charge in [0.15, 0.2) is 0 Å². The predicted molar refractivity (Wildman–Crippen MR) is 129 cm³/mol. The van der Waals surface area contributed by atoms with Crippen molar-refractivity contribution in [2.24, 2.45) is 14.1 Å². The van der Waals surface area contributed by atoms with Gasteiger partial charge in [-0.05, 0) is 41.5 Å². The predicted octanol–water partition coefficient (Wildman–Crippen LogP) is 3.29. The van der Waals surface area contributed by atoms with Gasteiger partial charge >= 0.3 is 5.69 Å². The second kappa shape index (κ2) is 9.94. The molecule has 0 aliphatic heterocycles. The largest absolute Gasteiger partial charge is 0.496 e. The smallest absolute Gasteiger partial charge is 0.328 e. The molecule has 0 saturated heterocycles. The molecule has 0 aliphatic rings. The van der Waals surface area contributed by atoms with Crippen LogP contribution >= 0.6 is 0 Å². The summed E-state index contributed by atoms with van der Waals surface area (Å²) in [6, 6.07) is 21.3. The standard InChI is InChI=1S/C26H29N3O4/c1-28-22-13-10-19(14-23(22)29(2)26(28)31)24(30)17-33-21-11-8-18(9-12-21)15-27-16-20-6-4-5-7-25(20)32-3/h4-14,24,27,30H,15-17H2,1-3H3. The van der Waals surface area contributed by atoms with E-state index in [1.807, 2.05) is 66.7 Å². The normalized spacial score (nSPS) is 12.1. The maximum atomic E-state index is 12.1. The van der Waals surface area contributed by atoms with Crippen molar-refractivity contribution in [2.75, 3.05) is 13.7 Å². The summed E-state index contributed by atoms with van der Waals surface area (Å²) >= 11 is 0. The molecule has 3 aromatic carbocycles. The first-order chi connectivity index (χ1) is 16.0. The van der Waals surface area contributed by atoms with Crippen LogP contribution in [0.25, 0.3) is 11.0 Å². The molecule has 33 heavy (non-hydrogen) atoms. The van der Waals surface area contributed by atoms with E-state index >= 15 is 0 Å². The van der Waals surface area contributed by atoms with E-state index in [1.54, 1.807) is 30.3 Å². The van der Waals surface area contributed by atoms with Crippen molar-refractivity contribution in [1.82, 2.24) is 14.5 Å². The lowest BCUT2D eigenvalue weighted by Crippen LogP contribution is -2.19. The SMILES string of the molecule is COc1ccccc1CNCc1ccc(OCC(O)c2ccc3c(c2)n(C)c(=O)n3C)cc1. The number of ether oxygens (including phenoxy) is 2. The second-order valence-electron chi connectivity index (χ2n) is 8.03.